The molecule has 0 heterocycles. The molecule has 0 radical (unpaired) electrons. The van der Waals surface area contributed by atoms with Crippen molar-refractivity contribution in [3.8, 4) is 16.9 Å². The van der Waals surface area contributed by atoms with Crippen molar-refractivity contribution < 1.29 is 9.53 Å². The van der Waals surface area contributed by atoms with E-state index in [2.05, 4.69) is 22.7 Å². The Bertz CT molecular complexity index is 938. The summed E-state index contributed by atoms with van der Waals surface area (Å²) >= 11 is 5.88. The van der Waals surface area contributed by atoms with Crippen molar-refractivity contribution in [2.24, 2.45) is 5.10 Å². The lowest BCUT2D eigenvalue weighted by Crippen LogP contribution is -2.25. The first kappa shape index (κ1) is 18.7. The van der Waals surface area contributed by atoms with Crippen LogP contribution in [0.15, 0.2) is 84.0 Å². The van der Waals surface area contributed by atoms with Crippen LogP contribution in [0.4, 0.5) is 0 Å². The lowest BCUT2D eigenvalue weighted by molar-refractivity contribution is -0.123. The van der Waals surface area contributed by atoms with Crippen LogP contribution in [-0.2, 0) is 4.79 Å². The second-order valence-electron chi connectivity index (χ2n) is 5.92. The number of carbonyl (C=O) groups is 1. The molecule has 0 bridgehead atoms. The molecule has 0 saturated heterocycles. The van der Waals surface area contributed by atoms with Gasteiger partial charge in [-0.3, -0.25) is 4.79 Å². The molecule has 27 heavy (non-hydrogen) atoms. The van der Waals surface area contributed by atoms with Gasteiger partial charge in [-0.05, 0) is 41.8 Å². The third-order valence-corrected chi connectivity index (χ3v) is 4.16. The zero-order valence-electron chi connectivity index (χ0n) is 14.9. The first-order valence-electron chi connectivity index (χ1n) is 8.49. The zero-order chi connectivity index (χ0) is 19.1. The number of amides is 1. The highest BCUT2D eigenvalue weighted by Crippen LogP contribution is 2.19. The van der Waals surface area contributed by atoms with Crippen molar-refractivity contribution in [2.75, 3.05) is 6.61 Å². The van der Waals surface area contributed by atoms with Crippen molar-refractivity contribution in [1.82, 2.24) is 5.43 Å². The van der Waals surface area contributed by atoms with Gasteiger partial charge < -0.3 is 4.74 Å². The monoisotopic (exact) mass is 378 g/mol. The van der Waals surface area contributed by atoms with Crippen LogP contribution in [-0.4, -0.2) is 18.2 Å². The van der Waals surface area contributed by atoms with Crippen molar-refractivity contribution in [3.63, 3.8) is 0 Å². The number of carbonyl (C=O) groups excluding carboxylic acids is 1. The lowest BCUT2D eigenvalue weighted by Gasteiger charge is -2.07. The third kappa shape index (κ3) is 5.43. The average molecular weight is 379 g/mol. The number of hydrogen-bond donors (Lipinski definition) is 1. The second kappa shape index (κ2) is 9.01. The number of halogens is 1. The number of hydrogen-bond acceptors (Lipinski definition) is 3. The second-order valence-corrected chi connectivity index (χ2v) is 6.36. The summed E-state index contributed by atoms with van der Waals surface area (Å²) in [5.74, 6) is 0.199. The Kier molecular flexibility index (Phi) is 6.23. The van der Waals surface area contributed by atoms with Gasteiger partial charge >= 0.3 is 0 Å². The van der Waals surface area contributed by atoms with Gasteiger partial charge in [-0.2, -0.15) is 5.10 Å². The van der Waals surface area contributed by atoms with Gasteiger partial charge in [0.1, 0.15) is 5.75 Å². The zero-order valence-corrected chi connectivity index (χ0v) is 15.6. The maximum atomic E-state index is 11.9. The average Bonchev–Trinajstić information content (AvgIpc) is 2.71. The van der Waals surface area contributed by atoms with Gasteiger partial charge in [0.05, 0.1) is 5.71 Å². The molecule has 0 aliphatic heterocycles. The molecule has 1 N–H and O–H groups in total. The Morgan fingerprint density at radius 2 is 1.67 bits per heavy atom. The topological polar surface area (TPSA) is 50.7 Å². The highest BCUT2D eigenvalue weighted by atomic mass is 35.5. The van der Waals surface area contributed by atoms with Crippen molar-refractivity contribution in [2.45, 2.75) is 6.92 Å². The Morgan fingerprint density at radius 1 is 0.963 bits per heavy atom. The molecule has 0 fully saturated rings. The van der Waals surface area contributed by atoms with Crippen molar-refractivity contribution in [1.29, 1.82) is 0 Å². The van der Waals surface area contributed by atoms with Crippen LogP contribution in [0.2, 0.25) is 5.02 Å². The molecule has 3 rings (SSSR count). The van der Waals surface area contributed by atoms with Crippen LogP contribution in [0.1, 0.15) is 12.5 Å². The van der Waals surface area contributed by atoms with E-state index in [9.17, 15) is 4.79 Å². The number of nitrogens with zero attached hydrogens (tertiary/aromatic N) is 1. The van der Waals surface area contributed by atoms with Crippen LogP contribution in [0.3, 0.4) is 0 Å². The van der Waals surface area contributed by atoms with E-state index in [-0.39, 0.29) is 12.5 Å². The summed E-state index contributed by atoms with van der Waals surface area (Å²) in [6, 6.07) is 25.1. The largest absolute Gasteiger partial charge is 0.484 e. The van der Waals surface area contributed by atoms with E-state index in [1.165, 1.54) is 0 Å². The normalized spacial score (nSPS) is 11.1. The minimum atomic E-state index is -0.338. The smallest absolute Gasteiger partial charge is 0.277 e. The third-order valence-electron chi connectivity index (χ3n) is 3.92. The van der Waals surface area contributed by atoms with Gasteiger partial charge in [0.15, 0.2) is 6.61 Å². The molecule has 0 atom stereocenters. The van der Waals surface area contributed by atoms with Gasteiger partial charge in [0.25, 0.3) is 5.91 Å². The Labute approximate surface area is 163 Å². The quantitative estimate of drug-likeness (QED) is 0.488. The maximum Gasteiger partial charge on any atom is 0.277 e. The summed E-state index contributed by atoms with van der Waals surface area (Å²) in [6.45, 7) is 1.71. The molecule has 3 aromatic rings. The number of nitrogens with one attached hydrogen (secondary N) is 1. The molecule has 3 aromatic carbocycles. The first-order chi connectivity index (χ1) is 13.1. The van der Waals surface area contributed by atoms with Crippen LogP contribution in [0, 0.1) is 0 Å². The molecule has 0 spiro atoms. The minimum Gasteiger partial charge on any atom is -0.484 e. The van der Waals surface area contributed by atoms with Gasteiger partial charge in [-0.15, -0.1) is 0 Å². The number of rotatable bonds is 6. The molecule has 0 aromatic heterocycles. The molecule has 0 saturated carbocycles. The summed E-state index contributed by atoms with van der Waals surface area (Å²) in [7, 11) is 0. The molecule has 1 amide bonds. The SMILES string of the molecule is C/C(=N\NC(=O)COc1cccc(Cl)c1)c1ccc(-c2ccccc2)cc1. The lowest BCUT2D eigenvalue weighted by atomic mass is 10.0. The van der Waals surface area contributed by atoms with E-state index >= 15 is 0 Å². The molecule has 5 heteroatoms. The number of benzene rings is 3. The predicted octanol–water partition coefficient (Wildman–Crippen LogP) is 4.93. The van der Waals surface area contributed by atoms with Crippen LogP contribution >= 0.6 is 11.6 Å². The van der Waals surface area contributed by atoms with E-state index in [0.717, 1.165) is 16.7 Å². The Balaban J connectivity index is 1.56. The highest BCUT2D eigenvalue weighted by molar-refractivity contribution is 6.30. The van der Waals surface area contributed by atoms with E-state index < -0.39 is 0 Å². The molecule has 136 valence electrons. The van der Waals surface area contributed by atoms with Crippen LogP contribution < -0.4 is 10.2 Å². The molecular formula is C22H19ClN2O2. The summed E-state index contributed by atoms with van der Waals surface area (Å²) < 4.78 is 5.39. The standard InChI is InChI=1S/C22H19ClN2O2/c1-16(17-10-12-19(13-11-17)18-6-3-2-4-7-18)24-25-22(26)15-27-21-9-5-8-20(23)14-21/h2-14H,15H2,1H3,(H,25,26)/b24-16+. The summed E-state index contributed by atoms with van der Waals surface area (Å²) in [4.78, 5) is 11.9. The fourth-order valence-electron chi connectivity index (χ4n) is 2.48. The fourth-order valence-corrected chi connectivity index (χ4v) is 2.66. The maximum absolute atomic E-state index is 11.9. The van der Waals surface area contributed by atoms with E-state index in [1.807, 2.05) is 49.4 Å². The minimum absolute atomic E-state index is 0.135. The van der Waals surface area contributed by atoms with Gasteiger partial charge in [-0.25, -0.2) is 5.43 Å². The van der Waals surface area contributed by atoms with E-state index in [4.69, 9.17) is 16.3 Å². The molecule has 0 aliphatic rings. The van der Waals surface area contributed by atoms with Crippen molar-refractivity contribution >= 4 is 23.2 Å². The first-order valence-corrected chi connectivity index (χ1v) is 8.87. The summed E-state index contributed by atoms with van der Waals surface area (Å²) in [5, 5.41) is 4.69. The highest BCUT2D eigenvalue weighted by Gasteiger charge is 2.04. The van der Waals surface area contributed by atoms with Gasteiger partial charge in [0, 0.05) is 5.02 Å². The molecule has 0 unspecified atom stereocenters. The van der Waals surface area contributed by atoms with Crippen molar-refractivity contribution in [3.05, 3.63) is 89.4 Å². The Morgan fingerprint density at radius 3 is 2.37 bits per heavy atom. The number of ether oxygens (including phenoxy) is 1. The van der Waals surface area contributed by atoms with Gasteiger partial charge in [0.2, 0.25) is 0 Å². The van der Waals surface area contributed by atoms with E-state index in [1.54, 1.807) is 24.3 Å². The van der Waals surface area contributed by atoms with Crippen LogP contribution in [0.5, 0.6) is 5.75 Å². The Hall–Kier alpha value is -3.11. The van der Waals surface area contributed by atoms with Crippen LogP contribution in [0.25, 0.3) is 11.1 Å². The fraction of sp³-hybridized carbons (Fsp3) is 0.0909. The number of hydrazone groups is 1. The molecular weight excluding hydrogens is 360 g/mol. The van der Waals surface area contributed by atoms with Gasteiger partial charge in [-0.1, -0.05) is 72.3 Å². The van der Waals surface area contributed by atoms with E-state index in [0.29, 0.717) is 16.5 Å². The summed E-state index contributed by atoms with van der Waals surface area (Å²) in [6.07, 6.45) is 0. The molecule has 0 aliphatic carbocycles. The summed E-state index contributed by atoms with van der Waals surface area (Å²) in [5.41, 5.74) is 6.44. The molecule has 4 nitrogen and oxygen atoms in total. The predicted molar refractivity (Wildman–Crippen MR) is 109 cm³/mol.